The van der Waals surface area contributed by atoms with E-state index in [0.717, 1.165) is 12.1 Å². The Morgan fingerprint density at radius 1 is 1.26 bits per heavy atom. The van der Waals surface area contributed by atoms with E-state index in [1.165, 1.54) is 20.3 Å². The first-order chi connectivity index (χ1) is 9.15. The Balaban J connectivity index is 1.75. The highest BCUT2D eigenvalue weighted by atomic mass is 127. The maximum absolute atomic E-state index is 12.2. The van der Waals surface area contributed by atoms with E-state index in [1.54, 1.807) is 0 Å². The second-order valence-electron chi connectivity index (χ2n) is 4.91. The number of nitrogens with one attached hydrogen (secondary N) is 1. The molecule has 2 nitrogen and oxygen atoms in total. The summed E-state index contributed by atoms with van der Waals surface area (Å²) in [6.07, 6.45) is 0.852. The first-order valence-corrected chi connectivity index (χ1v) is 7.38. The van der Waals surface area contributed by atoms with Gasteiger partial charge in [0.15, 0.2) is 0 Å². The molecular weight excluding hydrogens is 349 g/mol. The molecule has 3 rings (SSSR count). The van der Waals surface area contributed by atoms with Crippen LogP contribution in [0.15, 0.2) is 42.5 Å². The van der Waals surface area contributed by atoms with Crippen LogP contribution in [0.2, 0.25) is 0 Å². The van der Waals surface area contributed by atoms with Crippen LogP contribution in [-0.4, -0.2) is 5.91 Å². The van der Waals surface area contributed by atoms with E-state index in [-0.39, 0.29) is 11.8 Å². The summed E-state index contributed by atoms with van der Waals surface area (Å²) in [5, 5.41) is 3.01. The van der Waals surface area contributed by atoms with Gasteiger partial charge in [0.1, 0.15) is 0 Å². The number of hydrogen-bond acceptors (Lipinski definition) is 1. The number of halogens is 1. The van der Waals surface area contributed by atoms with Gasteiger partial charge in [0.25, 0.3) is 0 Å². The number of anilines is 1. The summed E-state index contributed by atoms with van der Waals surface area (Å²) in [6, 6.07) is 14.2. The highest BCUT2D eigenvalue weighted by Crippen LogP contribution is 2.35. The Bertz CT molecular complexity index is 651. The van der Waals surface area contributed by atoms with Crippen molar-refractivity contribution in [2.75, 3.05) is 5.32 Å². The van der Waals surface area contributed by atoms with Crippen molar-refractivity contribution in [3.05, 3.63) is 62.7 Å². The number of hydrogen-bond donors (Lipinski definition) is 1. The minimum atomic E-state index is 0.00941. The van der Waals surface area contributed by atoms with Gasteiger partial charge in [-0.3, -0.25) is 4.79 Å². The average Bonchev–Trinajstić information content (AvgIpc) is 2.35. The highest BCUT2D eigenvalue weighted by Gasteiger charge is 2.31. The van der Waals surface area contributed by atoms with Crippen molar-refractivity contribution in [1.82, 2.24) is 0 Å². The van der Waals surface area contributed by atoms with Crippen molar-refractivity contribution in [3.63, 3.8) is 0 Å². The Labute approximate surface area is 126 Å². The van der Waals surface area contributed by atoms with E-state index < -0.39 is 0 Å². The van der Waals surface area contributed by atoms with Gasteiger partial charge < -0.3 is 5.32 Å². The van der Waals surface area contributed by atoms with Gasteiger partial charge in [-0.25, -0.2) is 0 Å². The molecule has 0 fully saturated rings. The number of carbonyl (C=O) groups excluding carboxylic acids is 1. The zero-order valence-corrected chi connectivity index (χ0v) is 12.8. The van der Waals surface area contributed by atoms with E-state index in [4.69, 9.17) is 0 Å². The van der Waals surface area contributed by atoms with Crippen LogP contribution in [0.5, 0.6) is 0 Å². The molecule has 0 heterocycles. The number of rotatable bonds is 2. The molecule has 0 aliphatic heterocycles. The summed E-state index contributed by atoms with van der Waals surface area (Å²) in [6.45, 7) is 2.07. The Kier molecular flexibility index (Phi) is 3.31. The molecule has 19 heavy (non-hydrogen) atoms. The molecule has 0 spiro atoms. The standard InChI is InChI=1S/C16H14INO/c1-10-6-7-12(9-15(10)17)18-16(19)14-8-11-4-2-3-5-13(11)14/h2-7,9,14H,8H2,1H3,(H,18,19). The maximum Gasteiger partial charge on any atom is 0.232 e. The fourth-order valence-corrected chi connectivity index (χ4v) is 2.91. The fraction of sp³-hybridized carbons (Fsp3) is 0.188. The molecule has 0 bridgehead atoms. The van der Waals surface area contributed by atoms with Crippen molar-refractivity contribution < 1.29 is 4.79 Å². The van der Waals surface area contributed by atoms with Gasteiger partial charge in [0, 0.05) is 9.26 Å². The van der Waals surface area contributed by atoms with Gasteiger partial charge >= 0.3 is 0 Å². The monoisotopic (exact) mass is 363 g/mol. The molecule has 3 heteroatoms. The molecular formula is C16H14INO. The third-order valence-electron chi connectivity index (χ3n) is 3.61. The molecule has 0 aromatic heterocycles. The molecule has 0 saturated carbocycles. The third kappa shape index (κ3) is 2.39. The molecule has 1 unspecified atom stereocenters. The Morgan fingerprint density at radius 3 is 2.79 bits per heavy atom. The average molecular weight is 363 g/mol. The van der Waals surface area contributed by atoms with Gasteiger partial charge in [-0.1, -0.05) is 30.3 Å². The summed E-state index contributed by atoms with van der Waals surface area (Å²) >= 11 is 2.29. The normalized spacial score (nSPS) is 16.4. The van der Waals surface area contributed by atoms with Crippen LogP contribution in [0, 0.1) is 10.5 Å². The molecule has 1 amide bonds. The molecule has 2 aromatic carbocycles. The molecule has 1 atom stereocenters. The van der Waals surface area contributed by atoms with E-state index in [0.29, 0.717) is 0 Å². The molecule has 1 aliphatic carbocycles. The molecule has 1 N–H and O–H groups in total. The van der Waals surface area contributed by atoms with Gasteiger partial charge in [-0.05, 0) is 64.8 Å². The third-order valence-corrected chi connectivity index (χ3v) is 4.77. The predicted molar refractivity (Wildman–Crippen MR) is 85.4 cm³/mol. The van der Waals surface area contributed by atoms with Crippen molar-refractivity contribution >= 4 is 34.2 Å². The number of amides is 1. The zero-order valence-electron chi connectivity index (χ0n) is 10.6. The van der Waals surface area contributed by atoms with Crippen molar-refractivity contribution in [1.29, 1.82) is 0 Å². The molecule has 1 aliphatic rings. The van der Waals surface area contributed by atoms with Gasteiger partial charge in [0.2, 0.25) is 5.91 Å². The van der Waals surface area contributed by atoms with E-state index >= 15 is 0 Å². The smallest absolute Gasteiger partial charge is 0.232 e. The molecule has 0 saturated heterocycles. The quantitative estimate of drug-likeness (QED) is 0.807. The lowest BCUT2D eigenvalue weighted by Crippen LogP contribution is -2.30. The minimum Gasteiger partial charge on any atom is -0.326 e. The summed E-state index contributed by atoms with van der Waals surface area (Å²) in [5.74, 6) is 0.105. The van der Waals surface area contributed by atoms with E-state index in [9.17, 15) is 4.79 Å². The van der Waals surface area contributed by atoms with Gasteiger partial charge in [-0.15, -0.1) is 0 Å². The van der Waals surface area contributed by atoms with Crippen LogP contribution in [0.25, 0.3) is 0 Å². The Hall–Kier alpha value is -1.36. The lowest BCUT2D eigenvalue weighted by molar-refractivity contribution is -0.118. The first-order valence-electron chi connectivity index (χ1n) is 6.30. The second kappa shape index (κ2) is 4.96. The molecule has 0 radical (unpaired) electrons. The van der Waals surface area contributed by atoms with E-state index in [1.807, 2.05) is 36.4 Å². The minimum absolute atomic E-state index is 0.00941. The SMILES string of the molecule is Cc1ccc(NC(=O)C2Cc3ccccc32)cc1I. The van der Waals surface area contributed by atoms with Crippen LogP contribution in [0.1, 0.15) is 22.6 Å². The first kappa shape index (κ1) is 12.7. The summed E-state index contributed by atoms with van der Waals surface area (Å²) in [5.41, 5.74) is 4.57. The lowest BCUT2D eigenvalue weighted by atomic mass is 9.77. The number of carbonyl (C=O) groups is 1. The highest BCUT2D eigenvalue weighted by molar-refractivity contribution is 14.1. The fourth-order valence-electron chi connectivity index (χ4n) is 2.39. The van der Waals surface area contributed by atoms with Crippen molar-refractivity contribution in [2.24, 2.45) is 0 Å². The number of aryl methyl sites for hydroxylation is 1. The lowest BCUT2D eigenvalue weighted by Gasteiger charge is -2.28. The van der Waals surface area contributed by atoms with Crippen LogP contribution in [0.4, 0.5) is 5.69 Å². The molecule has 96 valence electrons. The summed E-state index contributed by atoms with van der Waals surface area (Å²) in [7, 11) is 0. The second-order valence-corrected chi connectivity index (χ2v) is 6.07. The Morgan fingerprint density at radius 2 is 2.05 bits per heavy atom. The number of benzene rings is 2. The van der Waals surface area contributed by atoms with E-state index in [2.05, 4.69) is 40.9 Å². The summed E-state index contributed by atoms with van der Waals surface area (Å²) < 4.78 is 1.17. The largest absolute Gasteiger partial charge is 0.326 e. The van der Waals surface area contributed by atoms with Crippen LogP contribution in [-0.2, 0) is 11.2 Å². The van der Waals surface area contributed by atoms with Gasteiger partial charge in [-0.2, -0.15) is 0 Å². The zero-order chi connectivity index (χ0) is 13.4. The molecule has 2 aromatic rings. The predicted octanol–water partition coefficient (Wildman–Crippen LogP) is 3.88. The number of fused-ring (bicyclic) bond motifs is 1. The topological polar surface area (TPSA) is 29.1 Å². The van der Waals surface area contributed by atoms with Crippen molar-refractivity contribution in [3.8, 4) is 0 Å². The van der Waals surface area contributed by atoms with Crippen molar-refractivity contribution in [2.45, 2.75) is 19.3 Å². The van der Waals surface area contributed by atoms with Gasteiger partial charge in [0.05, 0.1) is 5.92 Å². The van der Waals surface area contributed by atoms with Crippen LogP contribution < -0.4 is 5.32 Å². The maximum atomic E-state index is 12.2. The van der Waals surface area contributed by atoms with Crippen LogP contribution in [0.3, 0.4) is 0 Å². The van der Waals surface area contributed by atoms with Crippen LogP contribution >= 0.6 is 22.6 Å². The summed E-state index contributed by atoms with van der Waals surface area (Å²) in [4.78, 5) is 12.2.